The maximum absolute atomic E-state index is 13.2. The van der Waals surface area contributed by atoms with Crippen molar-refractivity contribution < 1.29 is 14.3 Å². The minimum atomic E-state index is -0.642. The fourth-order valence-corrected chi connectivity index (χ4v) is 4.48. The SMILES string of the molecule is CCN(C)C(=O)CC1=CSC2=NC(C)=C(C(=O)OC(C)(C)C)[C@H](c3ccc(Cl)cc3)N12. The Balaban J connectivity index is 2.06. The molecule has 8 heteroatoms. The summed E-state index contributed by atoms with van der Waals surface area (Å²) < 4.78 is 5.72. The zero-order chi connectivity index (χ0) is 22.9. The number of fused-ring (bicyclic) bond motifs is 1. The molecular weight excluding hydrogens is 434 g/mol. The summed E-state index contributed by atoms with van der Waals surface area (Å²) in [5.41, 5.74) is 2.12. The Labute approximate surface area is 193 Å². The summed E-state index contributed by atoms with van der Waals surface area (Å²) in [5, 5.41) is 3.29. The Hall–Kier alpha value is -2.25. The lowest BCUT2D eigenvalue weighted by Crippen LogP contribution is -2.39. The highest BCUT2D eigenvalue weighted by Gasteiger charge is 2.42. The number of hydrogen-bond acceptors (Lipinski definition) is 6. The highest BCUT2D eigenvalue weighted by Crippen LogP contribution is 2.45. The smallest absolute Gasteiger partial charge is 0.338 e. The summed E-state index contributed by atoms with van der Waals surface area (Å²) >= 11 is 7.58. The minimum absolute atomic E-state index is 0.00977. The first-order valence-electron chi connectivity index (χ1n) is 10.2. The van der Waals surface area contributed by atoms with Crippen LogP contribution in [0.5, 0.6) is 0 Å². The van der Waals surface area contributed by atoms with Crippen molar-refractivity contribution in [3.8, 4) is 0 Å². The van der Waals surface area contributed by atoms with Crippen LogP contribution in [0.15, 0.2) is 51.6 Å². The molecule has 166 valence electrons. The standard InChI is InChI=1S/C23H28ClN3O3S/c1-7-26(6)18(28)12-17-13-31-22-25-14(2)19(21(29)30-23(3,4)5)20(27(17)22)15-8-10-16(24)11-9-15/h8-11,13,20H,7,12H2,1-6H3/t20-/m0/s1. The Morgan fingerprint density at radius 2 is 1.90 bits per heavy atom. The van der Waals surface area contributed by atoms with Crippen molar-refractivity contribution in [3.05, 3.63) is 57.2 Å². The van der Waals surface area contributed by atoms with E-state index in [0.29, 0.717) is 22.8 Å². The number of allylic oxidation sites excluding steroid dienone is 1. The lowest BCUT2D eigenvalue weighted by Gasteiger charge is -2.37. The number of nitrogens with zero attached hydrogens (tertiary/aromatic N) is 3. The molecule has 1 aromatic carbocycles. The van der Waals surface area contributed by atoms with E-state index < -0.39 is 17.6 Å². The lowest BCUT2D eigenvalue weighted by atomic mass is 9.93. The zero-order valence-corrected chi connectivity index (χ0v) is 20.3. The molecular formula is C23H28ClN3O3S. The molecule has 2 aliphatic heterocycles. The van der Waals surface area contributed by atoms with Crippen LogP contribution in [-0.2, 0) is 14.3 Å². The number of aliphatic imine (C=N–C) groups is 1. The summed E-state index contributed by atoms with van der Waals surface area (Å²) in [6.45, 7) is 9.90. The normalized spacial score (nSPS) is 18.4. The number of esters is 1. The van der Waals surface area contributed by atoms with Gasteiger partial charge >= 0.3 is 5.97 Å². The molecule has 31 heavy (non-hydrogen) atoms. The van der Waals surface area contributed by atoms with Gasteiger partial charge in [0.2, 0.25) is 5.91 Å². The first-order chi connectivity index (χ1) is 14.5. The number of amidine groups is 1. The van der Waals surface area contributed by atoms with Crippen LogP contribution in [-0.4, -0.2) is 46.0 Å². The average Bonchev–Trinajstić information content (AvgIpc) is 3.07. The molecule has 2 aliphatic rings. The van der Waals surface area contributed by atoms with Crippen LogP contribution in [0.25, 0.3) is 0 Å². The quantitative estimate of drug-likeness (QED) is 0.569. The van der Waals surface area contributed by atoms with E-state index in [1.807, 2.05) is 57.1 Å². The van der Waals surface area contributed by atoms with E-state index in [1.54, 1.807) is 24.1 Å². The molecule has 0 saturated carbocycles. The van der Waals surface area contributed by atoms with Crippen molar-refractivity contribution in [1.82, 2.24) is 9.80 Å². The number of carbonyl (C=O) groups is 2. The monoisotopic (exact) mass is 461 g/mol. The number of ether oxygens (including phenoxy) is 1. The molecule has 6 nitrogen and oxygen atoms in total. The summed E-state index contributed by atoms with van der Waals surface area (Å²) in [4.78, 5) is 34.2. The number of carbonyl (C=O) groups excluding carboxylic acids is 2. The zero-order valence-electron chi connectivity index (χ0n) is 18.7. The third-order valence-corrected chi connectivity index (χ3v) is 6.18. The van der Waals surface area contributed by atoms with Gasteiger partial charge in [0.25, 0.3) is 0 Å². The number of thioether (sulfide) groups is 1. The number of hydrogen-bond donors (Lipinski definition) is 0. The highest BCUT2D eigenvalue weighted by molar-refractivity contribution is 8.16. The molecule has 2 heterocycles. The number of halogens is 1. The molecule has 0 radical (unpaired) electrons. The molecule has 1 aromatic rings. The third-order valence-electron chi connectivity index (χ3n) is 5.04. The van der Waals surface area contributed by atoms with Crippen molar-refractivity contribution in [2.24, 2.45) is 4.99 Å². The molecule has 3 rings (SSSR count). The summed E-state index contributed by atoms with van der Waals surface area (Å²) in [5.74, 6) is -0.406. The van der Waals surface area contributed by atoms with Crippen LogP contribution in [0.1, 0.15) is 52.6 Å². The number of rotatable bonds is 5. The van der Waals surface area contributed by atoms with E-state index in [-0.39, 0.29) is 12.3 Å². The van der Waals surface area contributed by atoms with E-state index in [0.717, 1.165) is 16.4 Å². The molecule has 0 spiro atoms. The fraction of sp³-hybridized carbons (Fsp3) is 0.435. The van der Waals surface area contributed by atoms with Gasteiger partial charge in [-0.2, -0.15) is 0 Å². The van der Waals surface area contributed by atoms with Gasteiger partial charge in [0.1, 0.15) is 5.60 Å². The van der Waals surface area contributed by atoms with Gasteiger partial charge in [-0.05, 0) is 57.7 Å². The van der Waals surface area contributed by atoms with Crippen molar-refractivity contribution in [2.45, 2.75) is 52.7 Å². The van der Waals surface area contributed by atoms with Crippen molar-refractivity contribution >= 4 is 40.4 Å². The van der Waals surface area contributed by atoms with Crippen molar-refractivity contribution in [2.75, 3.05) is 13.6 Å². The van der Waals surface area contributed by atoms with Gasteiger partial charge in [-0.25, -0.2) is 9.79 Å². The molecule has 0 fully saturated rings. The van der Waals surface area contributed by atoms with Crippen LogP contribution in [0.3, 0.4) is 0 Å². The Bertz CT molecular complexity index is 977. The van der Waals surface area contributed by atoms with Gasteiger partial charge in [0.05, 0.1) is 23.7 Å². The second-order valence-corrected chi connectivity index (χ2v) is 9.80. The van der Waals surface area contributed by atoms with E-state index in [9.17, 15) is 9.59 Å². The second kappa shape index (κ2) is 9.09. The topological polar surface area (TPSA) is 62.2 Å². The highest BCUT2D eigenvalue weighted by atomic mass is 35.5. The van der Waals surface area contributed by atoms with Gasteiger partial charge in [-0.3, -0.25) is 4.79 Å². The Kier molecular flexibility index (Phi) is 6.86. The van der Waals surface area contributed by atoms with Crippen LogP contribution in [0.2, 0.25) is 5.02 Å². The minimum Gasteiger partial charge on any atom is -0.456 e. The molecule has 1 atom stereocenters. The van der Waals surface area contributed by atoms with Gasteiger partial charge in [0, 0.05) is 24.3 Å². The lowest BCUT2D eigenvalue weighted by molar-refractivity contribution is -0.150. The first kappa shape index (κ1) is 23.4. The van der Waals surface area contributed by atoms with Crippen molar-refractivity contribution in [3.63, 3.8) is 0 Å². The van der Waals surface area contributed by atoms with Crippen molar-refractivity contribution in [1.29, 1.82) is 0 Å². The van der Waals surface area contributed by atoms with Crippen LogP contribution < -0.4 is 0 Å². The van der Waals surface area contributed by atoms with E-state index >= 15 is 0 Å². The fourth-order valence-electron chi connectivity index (χ4n) is 3.39. The summed E-state index contributed by atoms with van der Waals surface area (Å²) in [6.07, 6.45) is 0.223. The third kappa shape index (κ3) is 5.15. The van der Waals surface area contributed by atoms with Crippen LogP contribution in [0, 0.1) is 0 Å². The predicted molar refractivity (Wildman–Crippen MR) is 126 cm³/mol. The second-order valence-electron chi connectivity index (χ2n) is 8.53. The van der Waals surface area contributed by atoms with Crippen LogP contribution in [0.4, 0.5) is 0 Å². The van der Waals surface area contributed by atoms with E-state index in [2.05, 4.69) is 4.99 Å². The maximum atomic E-state index is 13.2. The molecule has 0 bridgehead atoms. The largest absolute Gasteiger partial charge is 0.456 e. The number of benzene rings is 1. The maximum Gasteiger partial charge on any atom is 0.338 e. The van der Waals surface area contributed by atoms with Gasteiger partial charge in [-0.1, -0.05) is 35.5 Å². The van der Waals surface area contributed by atoms with E-state index in [4.69, 9.17) is 16.3 Å². The van der Waals surface area contributed by atoms with Gasteiger partial charge < -0.3 is 14.5 Å². The van der Waals surface area contributed by atoms with E-state index in [1.165, 1.54) is 11.8 Å². The average molecular weight is 462 g/mol. The molecule has 0 N–H and O–H groups in total. The Morgan fingerprint density at radius 3 is 2.48 bits per heavy atom. The molecule has 0 aromatic heterocycles. The molecule has 0 saturated heterocycles. The molecule has 0 aliphatic carbocycles. The van der Waals surface area contributed by atoms with Gasteiger partial charge in [0.15, 0.2) is 5.17 Å². The summed E-state index contributed by atoms with van der Waals surface area (Å²) in [6, 6.07) is 6.93. The van der Waals surface area contributed by atoms with Gasteiger partial charge in [-0.15, -0.1) is 0 Å². The number of amides is 1. The first-order valence-corrected chi connectivity index (χ1v) is 11.4. The summed E-state index contributed by atoms with van der Waals surface area (Å²) in [7, 11) is 1.78. The molecule has 0 unspecified atom stereocenters. The van der Waals surface area contributed by atoms with Crippen LogP contribution >= 0.6 is 23.4 Å². The molecule has 1 amide bonds. The Morgan fingerprint density at radius 1 is 1.26 bits per heavy atom. The predicted octanol–water partition coefficient (Wildman–Crippen LogP) is 5.13.